The van der Waals surface area contributed by atoms with Gasteiger partial charge in [-0.1, -0.05) is 11.3 Å². The van der Waals surface area contributed by atoms with Gasteiger partial charge in [-0.05, 0) is 24.8 Å². The molecular weight excluding hydrogens is 440 g/mol. The Morgan fingerprint density at radius 3 is 2.61 bits per heavy atom. The van der Waals surface area contributed by atoms with Gasteiger partial charge in [-0.3, -0.25) is 4.79 Å². The van der Waals surface area contributed by atoms with Crippen LogP contribution in [0.2, 0.25) is 0 Å². The predicted octanol–water partition coefficient (Wildman–Crippen LogP) is 3.09. The number of ether oxygens (including phenoxy) is 2. The van der Waals surface area contributed by atoms with Gasteiger partial charge in [-0.25, -0.2) is 9.97 Å². The minimum atomic E-state index is -4.08. The Kier molecular flexibility index (Phi) is 5.95. The number of amides is 1. The molecule has 170 valence electrons. The van der Waals surface area contributed by atoms with E-state index in [1.165, 1.54) is 6.92 Å². The van der Waals surface area contributed by atoms with E-state index in [0.717, 1.165) is 29.1 Å². The van der Waals surface area contributed by atoms with Gasteiger partial charge in [0, 0.05) is 19.5 Å². The summed E-state index contributed by atoms with van der Waals surface area (Å²) < 4.78 is 65.2. The van der Waals surface area contributed by atoms with Crippen LogP contribution in [0.25, 0.3) is 10.3 Å². The summed E-state index contributed by atoms with van der Waals surface area (Å²) in [5.74, 6) is -7.55. The molecule has 3 heterocycles. The molecule has 0 bridgehead atoms. The number of pyridine rings is 1. The molecule has 31 heavy (non-hydrogen) atoms. The van der Waals surface area contributed by atoms with Crippen molar-refractivity contribution in [3.05, 3.63) is 12.1 Å². The number of aromatic nitrogens is 2. The van der Waals surface area contributed by atoms with Crippen LogP contribution in [0.1, 0.15) is 19.8 Å². The number of anilines is 1. The summed E-state index contributed by atoms with van der Waals surface area (Å²) in [6.45, 7) is 0.732. The summed E-state index contributed by atoms with van der Waals surface area (Å²) in [6.07, 6.45) is 1.85. The van der Waals surface area contributed by atoms with Gasteiger partial charge in [0.25, 0.3) is 0 Å². The van der Waals surface area contributed by atoms with E-state index in [1.807, 2.05) is 0 Å². The fourth-order valence-electron chi connectivity index (χ4n) is 3.51. The Morgan fingerprint density at radius 2 is 1.94 bits per heavy atom. The first-order valence-electron chi connectivity index (χ1n) is 9.90. The van der Waals surface area contributed by atoms with Crippen molar-refractivity contribution >= 4 is 32.7 Å². The van der Waals surface area contributed by atoms with Crippen molar-refractivity contribution in [2.75, 3.05) is 37.7 Å². The number of rotatable bonds is 8. The third kappa shape index (κ3) is 4.84. The second kappa shape index (κ2) is 8.38. The largest absolute Gasteiger partial charge is 0.477 e. The summed E-state index contributed by atoms with van der Waals surface area (Å²) in [6, 6.07) is 3.26. The molecule has 0 radical (unpaired) electrons. The minimum Gasteiger partial charge on any atom is -0.477 e. The summed E-state index contributed by atoms with van der Waals surface area (Å²) >= 11 is 0.985. The maximum absolute atomic E-state index is 13.5. The van der Waals surface area contributed by atoms with Crippen LogP contribution in [0.3, 0.4) is 0 Å². The Labute approximate surface area is 179 Å². The standard InChI is InChI=1S/C19H22F4N4O3S/c1-11(28)24-4-5-29-13-6-12(7-13)8-30-15-3-2-14-16(26-15)31-17(25-14)27-9-18(20,21)19(22,23)10-27/h2-3,12-13H,4-10H2,1H3,(H,24,28). The zero-order chi connectivity index (χ0) is 22.2. The second-order valence-corrected chi connectivity index (χ2v) is 8.82. The van der Waals surface area contributed by atoms with Crippen LogP contribution in [0.5, 0.6) is 5.88 Å². The van der Waals surface area contributed by atoms with Crippen molar-refractivity contribution in [2.24, 2.45) is 5.92 Å². The fourth-order valence-corrected chi connectivity index (χ4v) is 4.44. The van der Waals surface area contributed by atoms with E-state index in [-0.39, 0.29) is 17.1 Å². The molecule has 0 atom stereocenters. The fraction of sp³-hybridized carbons (Fsp3) is 0.632. The number of fused-ring (bicyclic) bond motifs is 1. The van der Waals surface area contributed by atoms with E-state index in [9.17, 15) is 22.4 Å². The Morgan fingerprint density at radius 1 is 1.23 bits per heavy atom. The second-order valence-electron chi connectivity index (χ2n) is 7.86. The Hall–Kier alpha value is -2.21. The lowest BCUT2D eigenvalue weighted by Crippen LogP contribution is -2.38. The number of carbonyl (C=O) groups excluding carboxylic acids is 1. The molecule has 7 nitrogen and oxygen atoms in total. The normalized spacial score (nSPS) is 24.2. The number of carbonyl (C=O) groups is 1. The number of hydrogen-bond acceptors (Lipinski definition) is 7. The number of thiazole rings is 1. The van der Waals surface area contributed by atoms with Crippen LogP contribution >= 0.6 is 11.3 Å². The molecule has 1 aliphatic heterocycles. The molecule has 2 aromatic rings. The maximum Gasteiger partial charge on any atom is 0.329 e. The number of halogens is 4. The number of hydrogen-bond donors (Lipinski definition) is 1. The lowest BCUT2D eigenvalue weighted by atomic mass is 9.83. The lowest BCUT2D eigenvalue weighted by molar-refractivity contribution is -0.172. The quantitative estimate of drug-likeness (QED) is 0.480. The van der Waals surface area contributed by atoms with Crippen LogP contribution < -0.4 is 15.0 Å². The molecule has 2 aliphatic rings. The van der Waals surface area contributed by atoms with E-state index in [4.69, 9.17) is 9.47 Å². The van der Waals surface area contributed by atoms with E-state index >= 15 is 0 Å². The van der Waals surface area contributed by atoms with Crippen LogP contribution in [-0.4, -0.2) is 66.7 Å². The molecule has 0 spiro atoms. The van der Waals surface area contributed by atoms with Gasteiger partial charge in [0.1, 0.15) is 10.3 Å². The maximum atomic E-state index is 13.5. The number of nitrogens with zero attached hydrogens (tertiary/aromatic N) is 3. The van der Waals surface area contributed by atoms with Crippen molar-refractivity contribution < 1.29 is 31.8 Å². The van der Waals surface area contributed by atoms with Crippen molar-refractivity contribution in [3.63, 3.8) is 0 Å². The van der Waals surface area contributed by atoms with Gasteiger partial charge in [0.15, 0.2) is 5.13 Å². The summed E-state index contributed by atoms with van der Waals surface area (Å²) in [5.41, 5.74) is 0.446. The molecule has 1 N–H and O–H groups in total. The van der Waals surface area contributed by atoms with Crippen LogP contribution in [-0.2, 0) is 9.53 Å². The number of nitrogens with one attached hydrogen (secondary N) is 1. The van der Waals surface area contributed by atoms with Crippen LogP contribution in [0, 0.1) is 5.92 Å². The van der Waals surface area contributed by atoms with E-state index < -0.39 is 24.9 Å². The van der Waals surface area contributed by atoms with Crippen molar-refractivity contribution in [1.29, 1.82) is 0 Å². The first kappa shape index (κ1) is 22.0. The highest BCUT2D eigenvalue weighted by molar-refractivity contribution is 7.21. The van der Waals surface area contributed by atoms with Crippen molar-refractivity contribution in [3.8, 4) is 5.88 Å². The highest BCUT2D eigenvalue weighted by atomic mass is 32.1. The summed E-state index contributed by atoms with van der Waals surface area (Å²) in [4.78, 5) is 20.6. The minimum absolute atomic E-state index is 0.0858. The molecule has 1 saturated heterocycles. The Bertz CT molecular complexity index is 935. The molecule has 4 rings (SSSR count). The molecule has 1 saturated carbocycles. The third-order valence-corrected chi connectivity index (χ3v) is 6.32. The van der Waals surface area contributed by atoms with E-state index in [1.54, 1.807) is 12.1 Å². The van der Waals surface area contributed by atoms with Gasteiger partial charge >= 0.3 is 11.8 Å². The van der Waals surface area contributed by atoms with E-state index in [0.29, 0.717) is 41.9 Å². The monoisotopic (exact) mass is 462 g/mol. The SMILES string of the molecule is CC(=O)NCCOC1CC(COc2ccc3nc(N4CC(F)(F)C(F)(F)C4)sc3n2)C1. The van der Waals surface area contributed by atoms with Crippen molar-refractivity contribution in [2.45, 2.75) is 37.7 Å². The van der Waals surface area contributed by atoms with Gasteiger partial charge < -0.3 is 19.7 Å². The topological polar surface area (TPSA) is 76.6 Å². The third-order valence-electron chi connectivity index (χ3n) is 5.29. The van der Waals surface area contributed by atoms with Crippen molar-refractivity contribution in [1.82, 2.24) is 15.3 Å². The first-order valence-corrected chi connectivity index (χ1v) is 10.7. The Balaban J connectivity index is 1.27. The summed E-state index contributed by atoms with van der Waals surface area (Å²) in [5, 5.41) is 2.76. The van der Waals surface area contributed by atoms with E-state index in [2.05, 4.69) is 15.3 Å². The summed E-state index contributed by atoms with van der Waals surface area (Å²) in [7, 11) is 0. The van der Waals surface area contributed by atoms with Crippen LogP contribution in [0.15, 0.2) is 12.1 Å². The molecular formula is C19H22F4N4O3S. The lowest BCUT2D eigenvalue weighted by Gasteiger charge is -2.34. The first-order chi connectivity index (χ1) is 14.6. The molecule has 2 fully saturated rings. The smallest absolute Gasteiger partial charge is 0.329 e. The highest BCUT2D eigenvalue weighted by Gasteiger charge is 2.63. The molecule has 0 aromatic carbocycles. The molecule has 1 aliphatic carbocycles. The zero-order valence-electron chi connectivity index (χ0n) is 16.7. The number of alkyl halides is 4. The molecule has 12 heteroatoms. The average Bonchev–Trinajstić information content (AvgIpc) is 3.16. The molecule has 1 amide bonds. The van der Waals surface area contributed by atoms with Gasteiger partial charge in [0.05, 0.1) is 32.4 Å². The zero-order valence-corrected chi connectivity index (χ0v) is 17.6. The van der Waals surface area contributed by atoms with Crippen LogP contribution in [0.4, 0.5) is 22.7 Å². The average molecular weight is 462 g/mol. The van der Waals surface area contributed by atoms with Gasteiger partial charge in [-0.2, -0.15) is 17.6 Å². The molecule has 0 unspecified atom stereocenters. The highest BCUT2D eigenvalue weighted by Crippen LogP contribution is 2.44. The predicted molar refractivity (Wildman–Crippen MR) is 106 cm³/mol. The van der Waals surface area contributed by atoms with Gasteiger partial charge in [0.2, 0.25) is 11.8 Å². The molecule has 2 aromatic heterocycles. The van der Waals surface area contributed by atoms with Gasteiger partial charge in [-0.15, -0.1) is 0 Å².